The molecular weight excluding hydrogens is 377 g/mol. The second-order valence-electron chi connectivity index (χ2n) is 7.10. The summed E-state index contributed by atoms with van der Waals surface area (Å²) < 4.78 is 4.30. The van der Waals surface area contributed by atoms with Gasteiger partial charge in [-0.1, -0.05) is 35.3 Å². The number of hydrogen-bond acceptors (Lipinski definition) is 1. The Hall–Kier alpha value is -1.94. The molecule has 3 nitrogen and oxygen atoms in total. The summed E-state index contributed by atoms with van der Waals surface area (Å²) in [6, 6.07) is 12.2. The third-order valence-electron chi connectivity index (χ3n) is 5.21. The molecule has 0 unspecified atom stereocenters. The molecule has 5 heteroatoms. The van der Waals surface area contributed by atoms with Crippen LogP contribution in [-0.4, -0.2) is 22.2 Å². The van der Waals surface area contributed by atoms with Crippen molar-refractivity contribution in [3.63, 3.8) is 0 Å². The second kappa shape index (κ2) is 7.59. The second-order valence-corrected chi connectivity index (χ2v) is 7.98. The molecule has 0 aliphatic heterocycles. The van der Waals surface area contributed by atoms with Gasteiger partial charge in [0.1, 0.15) is 0 Å². The number of aromatic nitrogens is 2. The van der Waals surface area contributed by atoms with Crippen molar-refractivity contribution in [2.24, 2.45) is 14.1 Å². The Morgan fingerprint density at radius 1 is 0.741 bits per heavy atom. The average molecular weight is 400 g/mol. The monoisotopic (exact) mass is 399 g/mol. The lowest BCUT2D eigenvalue weighted by Gasteiger charge is -2.04. The molecule has 0 saturated heterocycles. The fourth-order valence-electron chi connectivity index (χ4n) is 3.85. The van der Waals surface area contributed by atoms with Crippen LogP contribution in [0.1, 0.15) is 11.1 Å². The lowest BCUT2D eigenvalue weighted by molar-refractivity contribution is 0.682. The minimum absolute atomic E-state index is 0.782. The molecule has 0 aliphatic rings. The number of nitrogens with one attached hydrogen (secondary N) is 1. The topological polar surface area (TPSA) is 21.9 Å². The first kappa shape index (κ1) is 18.4. The van der Waals surface area contributed by atoms with E-state index in [9.17, 15) is 0 Å². The molecule has 2 heterocycles. The average Bonchev–Trinajstić information content (AvgIpc) is 3.12. The predicted molar refractivity (Wildman–Crippen MR) is 116 cm³/mol. The van der Waals surface area contributed by atoms with E-state index >= 15 is 0 Å². The third-order valence-corrected chi connectivity index (χ3v) is 5.68. The van der Waals surface area contributed by atoms with Gasteiger partial charge in [-0.3, -0.25) is 0 Å². The first-order valence-corrected chi connectivity index (χ1v) is 9.96. The summed E-state index contributed by atoms with van der Waals surface area (Å²) in [5.41, 5.74) is 5.09. The largest absolute Gasteiger partial charge is 0.350 e. The first-order valence-electron chi connectivity index (χ1n) is 9.20. The lowest BCUT2D eigenvalue weighted by atomic mass is 10.1. The molecule has 0 saturated carbocycles. The summed E-state index contributed by atoms with van der Waals surface area (Å²) in [5, 5.41) is 7.72. The highest BCUT2D eigenvalue weighted by Crippen LogP contribution is 2.25. The molecule has 0 spiro atoms. The number of halogens is 2. The molecule has 0 atom stereocenters. The highest BCUT2D eigenvalue weighted by molar-refractivity contribution is 6.31. The number of aryl methyl sites for hydroxylation is 2. The zero-order valence-corrected chi connectivity index (χ0v) is 17.1. The maximum absolute atomic E-state index is 6.12. The van der Waals surface area contributed by atoms with Gasteiger partial charge >= 0.3 is 0 Å². The molecule has 0 bridgehead atoms. The summed E-state index contributed by atoms with van der Waals surface area (Å²) in [6.07, 6.45) is 6.42. The van der Waals surface area contributed by atoms with Crippen molar-refractivity contribution in [3.8, 4) is 0 Å². The van der Waals surface area contributed by atoms with Crippen molar-refractivity contribution in [1.29, 1.82) is 0 Å². The summed E-state index contributed by atoms with van der Waals surface area (Å²) in [4.78, 5) is 0. The van der Waals surface area contributed by atoms with Gasteiger partial charge in [-0.05, 0) is 61.3 Å². The van der Waals surface area contributed by atoms with Crippen LogP contribution in [0.25, 0.3) is 21.8 Å². The highest BCUT2D eigenvalue weighted by Gasteiger charge is 2.08. The van der Waals surface area contributed by atoms with E-state index in [2.05, 4.69) is 53.1 Å². The van der Waals surface area contributed by atoms with E-state index in [1.807, 2.05) is 24.3 Å². The maximum Gasteiger partial charge on any atom is 0.0495 e. The van der Waals surface area contributed by atoms with Crippen LogP contribution in [-0.2, 0) is 26.9 Å². The number of fused-ring (bicyclic) bond motifs is 2. The lowest BCUT2D eigenvalue weighted by Crippen LogP contribution is -2.20. The van der Waals surface area contributed by atoms with E-state index in [1.165, 1.54) is 32.9 Å². The van der Waals surface area contributed by atoms with Gasteiger partial charge in [0.15, 0.2) is 0 Å². The molecule has 2 aromatic carbocycles. The van der Waals surface area contributed by atoms with Crippen LogP contribution in [0.2, 0.25) is 10.0 Å². The molecule has 0 aliphatic carbocycles. The van der Waals surface area contributed by atoms with E-state index in [0.717, 1.165) is 36.0 Å². The molecule has 140 valence electrons. The van der Waals surface area contributed by atoms with E-state index in [0.29, 0.717) is 0 Å². The van der Waals surface area contributed by atoms with Crippen molar-refractivity contribution in [1.82, 2.24) is 14.5 Å². The van der Waals surface area contributed by atoms with Crippen molar-refractivity contribution in [3.05, 3.63) is 70.0 Å². The molecule has 4 rings (SSSR count). The predicted octanol–water partition coefficient (Wildman–Crippen LogP) is 5.35. The van der Waals surface area contributed by atoms with Crippen LogP contribution in [0, 0.1) is 0 Å². The standard InChI is InChI=1S/C22H23Cl2N3/c1-26-13-15(19-5-3-17(23)11-21(19)26)7-9-25-10-8-16-14-27(2)22-12-18(24)4-6-20(16)22/h3-6,11-14,25H,7-10H2,1-2H3. The van der Waals surface area contributed by atoms with Gasteiger partial charge in [-0.25, -0.2) is 0 Å². The van der Waals surface area contributed by atoms with Gasteiger partial charge in [0.2, 0.25) is 0 Å². The number of hydrogen-bond donors (Lipinski definition) is 1. The van der Waals surface area contributed by atoms with E-state index < -0.39 is 0 Å². The Bertz CT molecular complexity index is 1020. The van der Waals surface area contributed by atoms with Crippen LogP contribution >= 0.6 is 23.2 Å². The van der Waals surface area contributed by atoms with Gasteiger partial charge in [0, 0.05) is 58.3 Å². The smallest absolute Gasteiger partial charge is 0.0495 e. The zero-order chi connectivity index (χ0) is 19.0. The number of nitrogens with zero attached hydrogens (tertiary/aromatic N) is 2. The Balaban J connectivity index is 1.36. The van der Waals surface area contributed by atoms with Gasteiger partial charge in [-0.15, -0.1) is 0 Å². The fraction of sp³-hybridized carbons (Fsp3) is 0.273. The third kappa shape index (κ3) is 3.73. The quantitative estimate of drug-likeness (QED) is 0.433. The molecule has 0 amide bonds. The number of rotatable bonds is 6. The maximum atomic E-state index is 6.12. The van der Waals surface area contributed by atoms with Gasteiger partial charge < -0.3 is 14.5 Å². The summed E-state index contributed by atoms with van der Waals surface area (Å²) in [6.45, 7) is 1.91. The molecule has 1 N–H and O–H groups in total. The fourth-order valence-corrected chi connectivity index (χ4v) is 4.18. The van der Waals surface area contributed by atoms with Gasteiger partial charge in [0.25, 0.3) is 0 Å². The van der Waals surface area contributed by atoms with E-state index in [1.54, 1.807) is 0 Å². The van der Waals surface area contributed by atoms with E-state index in [4.69, 9.17) is 23.2 Å². The molecule has 4 aromatic rings. The zero-order valence-electron chi connectivity index (χ0n) is 15.6. The van der Waals surface area contributed by atoms with Gasteiger partial charge in [0.05, 0.1) is 0 Å². The van der Waals surface area contributed by atoms with Crippen LogP contribution in [0.4, 0.5) is 0 Å². The SMILES string of the molecule is Cn1cc(CCNCCc2cn(C)c3cc(Cl)ccc23)c2ccc(Cl)cc21. The molecular formula is C22H23Cl2N3. The van der Waals surface area contributed by atoms with Crippen molar-refractivity contribution >= 4 is 45.0 Å². The molecule has 2 aromatic heterocycles. The van der Waals surface area contributed by atoms with Crippen LogP contribution < -0.4 is 5.32 Å². The minimum atomic E-state index is 0.782. The van der Waals surface area contributed by atoms with Gasteiger partial charge in [-0.2, -0.15) is 0 Å². The summed E-state index contributed by atoms with van der Waals surface area (Å²) in [7, 11) is 4.14. The van der Waals surface area contributed by atoms with Crippen molar-refractivity contribution < 1.29 is 0 Å². The Morgan fingerprint density at radius 3 is 1.63 bits per heavy atom. The van der Waals surface area contributed by atoms with Crippen LogP contribution in [0.15, 0.2) is 48.8 Å². The molecule has 0 fully saturated rings. The van der Waals surface area contributed by atoms with E-state index in [-0.39, 0.29) is 0 Å². The van der Waals surface area contributed by atoms with Crippen molar-refractivity contribution in [2.75, 3.05) is 13.1 Å². The minimum Gasteiger partial charge on any atom is -0.350 e. The number of benzene rings is 2. The highest BCUT2D eigenvalue weighted by atomic mass is 35.5. The first-order chi connectivity index (χ1) is 13.0. The summed E-state index contributed by atoms with van der Waals surface area (Å²) >= 11 is 12.2. The normalized spacial score (nSPS) is 11.7. The van der Waals surface area contributed by atoms with Crippen LogP contribution in [0.3, 0.4) is 0 Å². The van der Waals surface area contributed by atoms with Crippen molar-refractivity contribution in [2.45, 2.75) is 12.8 Å². The summed E-state index contributed by atoms with van der Waals surface area (Å²) in [5.74, 6) is 0. The van der Waals surface area contributed by atoms with Crippen LogP contribution in [0.5, 0.6) is 0 Å². The Morgan fingerprint density at radius 2 is 1.19 bits per heavy atom. The Labute approximate surface area is 169 Å². The molecule has 0 radical (unpaired) electrons. The molecule has 27 heavy (non-hydrogen) atoms. The Kier molecular flexibility index (Phi) is 5.18.